The highest BCUT2D eigenvalue weighted by molar-refractivity contribution is 5.69. The molecule has 5 nitrogen and oxygen atoms in total. The van der Waals surface area contributed by atoms with Crippen molar-refractivity contribution in [3.63, 3.8) is 0 Å². The van der Waals surface area contributed by atoms with Gasteiger partial charge in [-0.25, -0.2) is 4.98 Å². The van der Waals surface area contributed by atoms with Crippen LogP contribution in [0, 0.1) is 0 Å². The average molecular weight is 298 g/mol. The van der Waals surface area contributed by atoms with E-state index in [4.69, 9.17) is 4.74 Å². The highest BCUT2D eigenvalue weighted by Crippen LogP contribution is 2.31. The largest absolute Gasteiger partial charge is 0.494 e. The Hall–Kier alpha value is -2.27. The molecule has 0 radical (unpaired) electrons. The Labute approximate surface area is 131 Å². The van der Waals surface area contributed by atoms with E-state index in [2.05, 4.69) is 45.3 Å². The number of nitrogens with one attached hydrogen (secondary N) is 1. The first-order valence-electron chi connectivity index (χ1n) is 7.56. The average Bonchev–Trinajstić information content (AvgIpc) is 2.57. The molecule has 1 N–H and O–H groups in total. The molecule has 0 atom stereocenters. The summed E-state index contributed by atoms with van der Waals surface area (Å²) in [6, 6.07) is 12.1. The molecule has 1 aromatic heterocycles. The molecule has 3 rings (SSSR count). The second-order valence-electron chi connectivity index (χ2n) is 5.51. The van der Waals surface area contributed by atoms with Crippen molar-refractivity contribution in [2.45, 2.75) is 0 Å². The highest BCUT2D eigenvalue weighted by Gasteiger charge is 2.16. The van der Waals surface area contributed by atoms with Gasteiger partial charge in [-0.05, 0) is 31.3 Å². The summed E-state index contributed by atoms with van der Waals surface area (Å²) in [5, 5.41) is 3.30. The van der Waals surface area contributed by atoms with Crippen LogP contribution in [0.5, 0.6) is 5.75 Å². The summed E-state index contributed by atoms with van der Waals surface area (Å²) >= 11 is 0. The molecule has 1 aliphatic heterocycles. The van der Waals surface area contributed by atoms with E-state index < -0.39 is 0 Å². The summed E-state index contributed by atoms with van der Waals surface area (Å²) in [6.07, 6.45) is 1.77. The predicted octanol–water partition coefficient (Wildman–Crippen LogP) is 2.59. The van der Waals surface area contributed by atoms with Crippen LogP contribution >= 0.6 is 0 Å². The molecule has 1 aliphatic rings. The summed E-state index contributed by atoms with van der Waals surface area (Å²) in [7, 11) is 3.87. The van der Waals surface area contributed by atoms with Gasteiger partial charge in [0, 0.05) is 44.1 Å². The minimum atomic E-state index is 0.813. The predicted molar refractivity (Wildman–Crippen MR) is 90.2 cm³/mol. The SMILES string of the molecule is COc1cc(N2CCN(C)CC2)ccc1Nc1ccccn1. The van der Waals surface area contributed by atoms with E-state index in [-0.39, 0.29) is 0 Å². The molecule has 0 unspecified atom stereocenters. The second-order valence-corrected chi connectivity index (χ2v) is 5.51. The molecule has 1 saturated heterocycles. The molecule has 22 heavy (non-hydrogen) atoms. The van der Waals surface area contributed by atoms with Crippen LogP contribution in [0.15, 0.2) is 42.6 Å². The molecule has 2 aromatic rings. The summed E-state index contributed by atoms with van der Waals surface area (Å²) in [6.45, 7) is 4.28. The summed E-state index contributed by atoms with van der Waals surface area (Å²) in [4.78, 5) is 9.04. The van der Waals surface area contributed by atoms with Crippen LogP contribution in [0.4, 0.5) is 17.2 Å². The van der Waals surface area contributed by atoms with Gasteiger partial charge in [-0.3, -0.25) is 0 Å². The van der Waals surface area contributed by atoms with Gasteiger partial charge in [-0.2, -0.15) is 0 Å². The molecular weight excluding hydrogens is 276 g/mol. The molecule has 2 heterocycles. The quantitative estimate of drug-likeness (QED) is 0.939. The van der Waals surface area contributed by atoms with Gasteiger partial charge in [0.15, 0.2) is 0 Å². The number of methoxy groups -OCH3 is 1. The molecular formula is C17H22N4O. The minimum absolute atomic E-state index is 0.813. The number of nitrogens with zero attached hydrogens (tertiary/aromatic N) is 3. The molecule has 5 heteroatoms. The zero-order valence-electron chi connectivity index (χ0n) is 13.1. The standard InChI is InChI=1S/C17H22N4O/c1-20-9-11-21(12-10-20)14-6-7-15(16(13-14)22-2)19-17-5-3-4-8-18-17/h3-8,13H,9-12H2,1-2H3,(H,18,19). The van der Waals surface area contributed by atoms with E-state index in [1.54, 1.807) is 13.3 Å². The van der Waals surface area contributed by atoms with Gasteiger partial charge >= 0.3 is 0 Å². The number of likely N-dealkylation sites (N-methyl/N-ethyl adjacent to an activating group) is 1. The third kappa shape index (κ3) is 3.31. The lowest BCUT2D eigenvalue weighted by atomic mass is 10.2. The number of benzene rings is 1. The van der Waals surface area contributed by atoms with Crippen molar-refractivity contribution in [3.8, 4) is 5.75 Å². The van der Waals surface area contributed by atoms with Crippen LogP contribution in [0.3, 0.4) is 0 Å². The zero-order chi connectivity index (χ0) is 15.4. The maximum Gasteiger partial charge on any atom is 0.144 e. The number of hydrogen-bond donors (Lipinski definition) is 1. The maximum absolute atomic E-state index is 5.54. The van der Waals surface area contributed by atoms with Crippen LogP contribution in [-0.4, -0.2) is 50.2 Å². The monoisotopic (exact) mass is 298 g/mol. The molecule has 0 amide bonds. The Balaban J connectivity index is 1.78. The molecule has 0 saturated carbocycles. The van der Waals surface area contributed by atoms with Gasteiger partial charge < -0.3 is 19.9 Å². The Bertz CT molecular complexity index is 609. The number of ether oxygens (including phenoxy) is 1. The lowest BCUT2D eigenvalue weighted by Crippen LogP contribution is -2.44. The number of anilines is 3. The fourth-order valence-electron chi connectivity index (χ4n) is 2.62. The van der Waals surface area contributed by atoms with Gasteiger partial charge in [0.25, 0.3) is 0 Å². The third-order valence-electron chi connectivity index (χ3n) is 3.98. The first-order valence-corrected chi connectivity index (χ1v) is 7.56. The molecule has 1 fully saturated rings. The van der Waals surface area contributed by atoms with Crippen molar-refractivity contribution in [1.29, 1.82) is 0 Å². The maximum atomic E-state index is 5.54. The molecule has 0 aliphatic carbocycles. The van der Waals surface area contributed by atoms with Crippen molar-refractivity contribution in [3.05, 3.63) is 42.6 Å². The van der Waals surface area contributed by atoms with E-state index in [1.807, 2.05) is 18.2 Å². The smallest absolute Gasteiger partial charge is 0.144 e. The van der Waals surface area contributed by atoms with Gasteiger partial charge in [0.2, 0.25) is 0 Å². The first kappa shape index (κ1) is 14.7. The Morgan fingerprint density at radius 2 is 1.91 bits per heavy atom. The fourth-order valence-corrected chi connectivity index (χ4v) is 2.62. The number of rotatable bonds is 4. The summed E-state index contributed by atoms with van der Waals surface area (Å²) in [5.41, 5.74) is 2.13. The third-order valence-corrected chi connectivity index (χ3v) is 3.98. The minimum Gasteiger partial charge on any atom is -0.494 e. The zero-order valence-corrected chi connectivity index (χ0v) is 13.1. The molecule has 0 bridgehead atoms. The van der Waals surface area contributed by atoms with E-state index in [0.717, 1.165) is 43.4 Å². The van der Waals surface area contributed by atoms with E-state index in [9.17, 15) is 0 Å². The normalized spacial score (nSPS) is 15.6. The highest BCUT2D eigenvalue weighted by atomic mass is 16.5. The van der Waals surface area contributed by atoms with Crippen molar-refractivity contribution in [1.82, 2.24) is 9.88 Å². The number of pyridine rings is 1. The molecule has 116 valence electrons. The molecule has 1 aromatic carbocycles. The van der Waals surface area contributed by atoms with Crippen LogP contribution in [0.2, 0.25) is 0 Å². The topological polar surface area (TPSA) is 40.6 Å². The van der Waals surface area contributed by atoms with Gasteiger partial charge in [-0.1, -0.05) is 6.07 Å². The Morgan fingerprint density at radius 1 is 1.09 bits per heavy atom. The second kappa shape index (κ2) is 6.66. The van der Waals surface area contributed by atoms with Crippen LogP contribution in [-0.2, 0) is 0 Å². The fraction of sp³-hybridized carbons (Fsp3) is 0.353. The van der Waals surface area contributed by atoms with Gasteiger partial charge in [0.1, 0.15) is 11.6 Å². The van der Waals surface area contributed by atoms with Gasteiger partial charge in [0.05, 0.1) is 12.8 Å². The van der Waals surface area contributed by atoms with Gasteiger partial charge in [-0.15, -0.1) is 0 Å². The Morgan fingerprint density at radius 3 is 2.59 bits per heavy atom. The van der Waals surface area contributed by atoms with Crippen LogP contribution in [0.25, 0.3) is 0 Å². The number of hydrogen-bond acceptors (Lipinski definition) is 5. The summed E-state index contributed by atoms with van der Waals surface area (Å²) in [5.74, 6) is 1.65. The first-order chi connectivity index (χ1) is 10.8. The lowest BCUT2D eigenvalue weighted by molar-refractivity contribution is 0.312. The molecule has 0 spiro atoms. The summed E-state index contributed by atoms with van der Waals surface area (Å²) < 4.78 is 5.54. The van der Waals surface area contributed by atoms with Crippen molar-refractivity contribution < 1.29 is 4.74 Å². The van der Waals surface area contributed by atoms with Crippen molar-refractivity contribution in [2.24, 2.45) is 0 Å². The van der Waals surface area contributed by atoms with E-state index >= 15 is 0 Å². The van der Waals surface area contributed by atoms with Crippen molar-refractivity contribution >= 4 is 17.2 Å². The van der Waals surface area contributed by atoms with E-state index in [1.165, 1.54) is 5.69 Å². The van der Waals surface area contributed by atoms with Crippen LogP contribution < -0.4 is 15.0 Å². The van der Waals surface area contributed by atoms with Crippen molar-refractivity contribution in [2.75, 3.05) is 50.6 Å². The lowest BCUT2D eigenvalue weighted by Gasteiger charge is -2.34. The number of aromatic nitrogens is 1. The Kier molecular flexibility index (Phi) is 4.44. The number of piperazine rings is 1. The van der Waals surface area contributed by atoms with E-state index in [0.29, 0.717) is 0 Å². The van der Waals surface area contributed by atoms with Crippen LogP contribution in [0.1, 0.15) is 0 Å².